The summed E-state index contributed by atoms with van der Waals surface area (Å²) in [6, 6.07) is 11.5. The zero-order valence-corrected chi connectivity index (χ0v) is 16.6. The van der Waals surface area contributed by atoms with Crippen LogP contribution in [0.4, 0.5) is 5.69 Å². The van der Waals surface area contributed by atoms with Crippen molar-refractivity contribution >= 4 is 44.8 Å². The first kappa shape index (κ1) is 20.7. The second kappa shape index (κ2) is 9.37. The van der Waals surface area contributed by atoms with Crippen LogP contribution in [0.15, 0.2) is 47.4 Å². The SMILES string of the molecule is CCCNS(=O)(=O)c1ccc(CCC(=O)Nc2c(Cl)cccc2Cl)cc1. The minimum absolute atomic E-state index is 0.210. The predicted molar refractivity (Wildman–Crippen MR) is 105 cm³/mol. The zero-order chi connectivity index (χ0) is 19.2. The van der Waals surface area contributed by atoms with E-state index in [0.717, 1.165) is 12.0 Å². The van der Waals surface area contributed by atoms with E-state index >= 15 is 0 Å². The van der Waals surface area contributed by atoms with Gasteiger partial charge in [-0.2, -0.15) is 0 Å². The van der Waals surface area contributed by atoms with E-state index in [1.165, 1.54) is 12.1 Å². The van der Waals surface area contributed by atoms with Crippen molar-refractivity contribution in [1.29, 1.82) is 0 Å². The molecule has 0 fully saturated rings. The highest BCUT2D eigenvalue weighted by Gasteiger charge is 2.13. The first-order valence-corrected chi connectivity index (χ1v) is 10.4. The number of carbonyl (C=O) groups is 1. The molecule has 140 valence electrons. The summed E-state index contributed by atoms with van der Waals surface area (Å²) in [5.41, 5.74) is 1.25. The highest BCUT2D eigenvalue weighted by atomic mass is 35.5. The van der Waals surface area contributed by atoms with Gasteiger partial charge in [-0.25, -0.2) is 13.1 Å². The molecule has 0 atom stereocenters. The molecule has 0 aromatic heterocycles. The fourth-order valence-electron chi connectivity index (χ4n) is 2.23. The van der Waals surface area contributed by atoms with Gasteiger partial charge in [0.2, 0.25) is 15.9 Å². The van der Waals surface area contributed by atoms with Crippen molar-refractivity contribution < 1.29 is 13.2 Å². The number of hydrogen-bond acceptors (Lipinski definition) is 3. The van der Waals surface area contributed by atoms with Gasteiger partial charge in [0.1, 0.15) is 0 Å². The van der Waals surface area contributed by atoms with Crippen molar-refractivity contribution in [3.63, 3.8) is 0 Å². The summed E-state index contributed by atoms with van der Waals surface area (Å²) in [5.74, 6) is -0.221. The quantitative estimate of drug-likeness (QED) is 0.677. The van der Waals surface area contributed by atoms with Crippen LogP contribution in [-0.2, 0) is 21.2 Å². The Labute approximate surface area is 163 Å². The van der Waals surface area contributed by atoms with E-state index < -0.39 is 10.0 Å². The highest BCUT2D eigenvalue weighted by Crippen LogP contribution is 2.29. The first-order valence-electron chi connectivity index (χ1n) is 8.16. The molecule has 1 amide bonds. The van der Waals surface area contributed by atoms with Gasteiger partial charge in [-0.15, -0.1) is 0 Å². The Morgan fingerprint density at radius 3 is 2.23 bits per heavy atom. The monoisotopic (exact) mass is 414 g/mol. The maximum absolute atomic E-state index is 12.1. The van der Waals surface area contributed by atoms with Crippen LogP contribution in [0.1, 0.15) is 25.3 Å². The van der Waals surface area contributed by atoms with E-state index in [2.05, 4.69) is 10.0 Å². The smallest absolute Gasteiger partial charge is 0.240 e. The minimum atomic E-state index is -3.48. The molecule has 0 aliphatic rings. The number of hydrogen-bond donors (Lipinski definition) is 2. The van der Waals surface area contributed by atoms with Crippen molar-refractivity contribution in [3.8, 4) is 0 Å². The van der Waals surface area contributed by atoms with Crippen molar-refractivity contribution in [2.24, 2.45) is 0 Å². The van der Waals surface area contributed by atoms with Gasteiger partial charge in [0.05, 0.1) is 20.6 Å². The molecule has 2 N–H and O–H groups in total. The van der Waals surface area contributed by atoms with Crippen molar-refractivity contribution in [3.05, 3.63) is 58.1 Å². The van der Waals surface area contributed by atoms with E-state index in [1.54, 1.807) is 30.3 Å². The lowest BCUT2D eigenvalue weighted by atomic mass is 10.1. The Kier molecular flexibility index (Phi) is 7.46. The van der Waals surface area contributed by atoms with E-state index in [1.807, 2.05) is 6.92 Å². The Morgan fingerprint density at radius 1 is 1.04 bits per heavy atom. The van der Waals surface area contributed by atoms with Gasteiger partial charge in [0.25, 0.3) is 0 Å². The number of rotatable bonds is 8. The van der Waals surface area contributed by atoms with E-state index in [0.29, 0.717) is 28.7 Å². The third-order valence-electron chi connectivity index (χ3n) is 3.64. The standard InChI is InChI=1S/C18H20Cl2N2O3S/c1-2-12-21-26(24,25)14-9-6-13(7-10-14)8-11-17(23)22-18-15(19)4-3-5-16(18)20/h3-7,9-10,21H,2,8,11-12H2,1H3,(H,22,23). The summed E-state index contributed by atoms with van der Waals surface area (Å²) in [5, 5.41) is 3.45. The Morgan fingerprint density at radius 2 is 1.65 bits per heavy atom. The van der Waals surface area contributed by atoms with Gasteiger partial charge >= 0.3 is 0 Å². The van der Waals surface area contributed by atoms with Crippen LogP contribution in [0.5, 0.6) is 0 Å². The number of aryl methyl sites for hydroxylation is 1. The molecule has 2 aromatic carbocycles. The number of nitrogens with one attached hydrogen (secondary N) is 2. The van der Waals surface area contributed by atoms with Crippen molar-refractivity contribution in [2.45, 2.75) is 31.1 Å². The maximum Gasteiger partial charge on any atom is 0.240 e. The molecule has 26 heavy (non-hydrogen) atoms. The molecule has 2 rings (SSSR count). The summed E-state index contributed by atoms with van der Waals surface area (Å²) in [7, 11) is -3.48. The number of benzene rings is 2. The van der Waals surface area contributed by atoms with Gasteiger partial charge in [-0.3, -0.25) is 4.79 Å². The van der Waals surface area contributed by atoms with Gasteiger partial charge in [-0.05, 0) is 42.7 Å². The van der Waals surface area contributed by atoms with Crippen molar-refractivity contribution in [1.82, 2.24) is 4.72 Å². The maximum atomic E-state index is 12.1. The zero-order valence-electron chi connectivity index (χ0n) is 14.3. The molecular weight excluding hydrogens is 395 g/mol. The summed E-state index contributed by atoms with van der Waals surface area (Å²) >= 11 is 12.1. The minimum Gasteiger partial charge on any atom is -0.324 e. The van der Waals surface area contributed by atoms with Gasteiger partial charge in [0.15, 0.2) is 0 Å². The van der Waals surface area contributed by atoms with Gasteiger partial charge < -0.3 is 5.32 Å². The normalized spacial score (nSPS) is 11.3. The molecular formula is C18H20Cl2N2O3S. The average molecular weight is 415 g/mol. The van der Waals surface area contributed by atoms with Crippen LogP contribution >= 0.6 is 23.2 Å². The number of halogens is 2. The molecule has 8 heteroatoms. The number of sulfonamides is 1. The molecule has 5 nitrogen and oxygen atoms in total. The second-order valence-corrected chi connectivity index (χ2v) is 8.27. The van der Waals surface area contributed by atoms with Gasteiger partial charge in [-0.1, -0.05) is 48.3 Å². The lowest BCUT2D eigenvalue weighted by Crippen LogP contribution is -2.24. The molecule has 0 spiro atoms. The molecule has 0 bridgehead atoms. The molecule has 0 radical (unpaired) electrons. The van der Waals surface area contributed by atoms with E-state index in [-0.39, 0.29) is 17.2 Å². The summed E-state index contributed by atoms with van der Waals surface area (Å²) in [6.45, 7) is 2.29. The van der Waals surface area contributed by atoms with Crippen LogP contribution in [0.25, 0.3) is 0 Å². The fraction of sp³-hybridized carbons (Fsp3) is 0.278. The molecule has 0 heterocycles. The lowest BCUT2D eigenvalue weighted by molar-refractivity contribution is -0.116. The van der Waals surface area contributed by atoms with Gasteiger partial charge in [0, 0.05) is 13.0 Å². The lowest BCUT2D eigenvalue weighted by Gasteiger charge is -2.09. The Balaban J connectivity index is 1.94. The summed E-state index contributed by atoms with van der Waals surface area (Å²) in [6.07, 6.45) is 1.42. The van der Waals surface area contributed by atoms with Crippen LogP contribution in [-0.4, -0.2) is 20.9 Å². The molecule has 2 aromatic rings. The number of amides is 1. The molecule has 0 unspecified atom stereocenters. The Bertz CT molecular complexity index is 848. The topological polar surface area (TPSA) is 75.3 Å². The van der Waals surface area contributed by atoms with E-state index in [4.69, 9.17) is 23.2 Å². The van der Waals surface area contributed by atoms with Crippen LogP contribution in [0, 0.1) is 0 Å². The first-order chi connectivity index (χ1) is 12.3. The Hall–Kier alpha value is -1.60. The summed E-state index contributed by atoms with van der Waals surface area (Å²) < 4.78 is 26.6. The number of para-hydroxylation sites is 1. The third-order valence-corrected chi connectivity index (χ3v) is 5.75. The third kappa shape index (κ3) is 5.71. The predicted octanol–water partition coefficient (Wildman–Crippen LogP) is 4.25. The van der Waals surface area contributed by atoms with Crippen LogP contribution in [0.2, 0.25) is 10.0 Å². The van der Waals surface area contributed by atoms with Crippen LogP contribution in [0.3, 0.4) is 0 Å². The van der Waals surface area contributed by atoms with Crippen molar-refractivity contribution in [2.75, 3.05) is 11.9 Å². The van der Waals surface area contributed by atoms with E-state index in [9.17, 15) is 13.2 Å². The molecule has 0 aliphatic heterocycles. The number of carbonyl (C=O) groups excluding carboxylic acids is 1. The largest absolute Gasteiger partial charge is 0.324 e. The number of anilines is 1. The average Bonchev–Trinajstić information content (AvgIpc) is 2.62. The molecule has 0 saturated heterocycles. The summed E-state index contributed by atoms with van der Waals surface area (Å²) in [4.78, 5) is 12.3. The molecule has 0 saturated carbocycles. The second-order valence-electron chi connectivity index (χ2n) is 5.69. The molecule has 0 aliphatic carbocycles. The van der Waals surface area contributed by atoms with Crippen LogP contribution < -0.4 is 10.0 Å². The highest BCUT2D eigenvalue weighted by molar-refractivity contribution is 7.89. The fourth-order valence-corrected chi connectivity index (χ4v) is 3.86.